The van der Waals surface area contributed by atoms with E-state index in [1.54, 1.807) is 0 Å². The average molecular weight is 268 g/mol. The van der Waals surface area contributed by atoms with Gasteiger partial charge in [-0.1, -0.05) is 34.6 Å². The predicted octanol–water partition coefficient (Wildman–Crippen LogP) is 3.08. The molecule has 0 bridgehead atoms. The Morgan fingerprint density at radius 3 is 2.21 bits per heavy atom. The highest BCUT2D eigenvalue weighted by Gasteiger charge is 2.26. The van der Waals surface area contributed by atoms with Crippen molar-refractivity contribution >= 4 is 5.91 Å². The van der Waals surface area contributed by atoms with Crippen molar-refractivity contribution in [2.24, 2.45) is 23.0 Å². The molecule has 1 aliphatic rings. The van der Waals surface area contributed by atoms with Crippen LogP contribution in [0.3, 0.4) is 0 Å². The smallest absolute Gasteiger partial charge is 0.221 e. The van der Waals surface area contributed by atoms with Gasteiger partial charge < -0.3 is 11.1 Å². The number of amides is 1. The van der Waals surface area contributed by atoms with Crippen LogP contribution in [0.2, 0.25) is 0 Å². The van der Waals surface area contributed by atoms with Crippen LogP contribution in [-0.2, 0) is 4.79 Å². The summed E-state index contributed by atoms with van der Waals surface area (Å²) in [6.07, 6.45) is 4.86. The Labute approximate surface area is 118 Å². The van der Waals surface area contributed by atoms with Crippen molar-refractivity contribution in [3.63, 3.8) is 0 Å². The first-order valence-electron chi connectivity index (χ1n) is 7.70. The fourth-order valence-corrected chi connectivity index (χ4v) is 3.45. The van der Waals surface area contributed by atoms with Crippen molar-refractivity contribution < 1.29 is 4.79 Å². The van der Waals surface area contributed by atoms with E-state index in [9.17, 15) is 4.79 Å². The third-order valence-corrected chi connectivity index (χ3v) is 3.87. The standard InChI is InChI=1S/C16H32N2O/c1-11-6-12(2)8-14(7-11)18-15(19)9-13(17)10-16(3,4)5/h11-14H,6-10,17H2,1-5H3,(H,18,19). The molecule has 1 aliphatic carbocycles. The minimum atomic E-state index is -0.0292. The molecule has 0 aliphatic heterocycles. The van der Waals surface area contributed by atoms with Gasteiger partial charge in [0.2, 0.25) is 5.91 Å². The Kier molecular flexibility index (Phi) is 5.84. The summed E-state index contributed by atoms with van der Waals surface area (Å²) in [4.78, 5) is 12.0. The molecule has 0 aromatic rings. The van der Waals surface area contributed by atoms with Gasteiger partial charge in [-0.05, 0) is 42.9 Å². The van der Waals surface area contributed by atoms with Crippen molar-refractivity contribution in [2.75, 3.05) is 0 Å². The first-order chi connectivity index (χ1) is 8.65. The summed E-state index contributed by atoms with van der Waals surface area (Å²) in [5.74, 6) is 1.57. The van der Waals surface area contributed by atoms with Gasteiger partial charge in [0.15, 0.2) is 0 Å². The Morgan fingerprint density at radius 1 is 1.21 bits per heavy atom. The lowest BCUT2D eigenvalue weighted by Gasteiger charge is -2.32. The summed E-state index contributed by atoms with van der Waals surface area (Å²) >= 11 is 0. The van der Waals surface area contributed by atoms with Crippen molar-refractivity contribution in [3.05, 3.63) is 0 Å². The van der Waals surface area contributed by atoms with Crippen LogP contribution in [0.1, 0.15) is 66.7 Å². The number of rotatable bonds is 4. The molecule has 0 heterocycles. The average Bonchev–Trinajstić information content (AvgIpc) is 2.10. The number of nitrogens with one attached hydrogen (secondary N) is 1. The lowest BCUT2D eigenvalue weighted by molar-refractivity contribution is -0.122. The topological polar surface area (TPSA) is 55.1 Å². The summed E-state index contributed by atoms with van der Waals surface area (Å²) < 4.78 is 0. The largest absolute Gasteiger partial charge is 0.353 e. The van der Waals surface area contributed by atoms with E-state index in [1.807, 2.05) is 0 Å². The van der Waals surface area contributed by atoms with Crippen LogP contribution >= 0.6 is 0 Å². The normalized spacial score (nSPS) is 29.9. The minimum absolute atomic E-state index is 0.0292. The molecular formula is C16H32N2O. The van der Waals surface area contributed by atoms with E-state index < -0.39 is 0 Å². The summed E-state index contributed by atoms with van der Waals surface area (Å²) in [5, 5.41) is 3.18. The molecule has 112 valence electrons. The summed E-state index contributed by atoms with van der Waals surface area (Å²) in [7, 11) is 0. The highest BCUT2D eigenvalue weighted by molar-refractivity contribution is 5.76. The van der Waals surface area contributed by atoms with Gasteiger partial charge in [-0.3, -0.25) is 4.79 Å². The van der Waals surface area contributed by atoms with Crippen LogP contribution in [0.25, 0.3) is 0 Å². The number of nitrogens with two attached hydrogens (primary N) is 1. The van der Waals surface area contributed by atoms with Crippen molar-refractivity contribution in [1.29, 1.82) is 0 Å². The van der Waals surface area contributed by atoms with Crippen LogP contribution in [-0.4, -0.2) is 18.0 Å². The fourth-order valence-electron chi connectivity index (χ4n) is 3.45. The second kappa shape index (κ2) is 6.74. The Balaban J connectivity index is 2.34. The summed E-state index contributed by atoms with van der Waals surface area (Å²) in [5.41, 5.74) is 6.25. The van der Waals surface area contributed by atoms with Gasteiger partial charge in [0.25, 0.3) is 0 Å². The van der Waals surface area contributed by atoms with Crippen molar-refractivity contribution in [3.8, 4) is 0 Å². The van der Waals surface area contributed by atoms with Crippen LogP contribution in [0, 0.1) is 17.3 Å². The number of carbonyl (C=O) groups excluding carboxylic acids is 1. The van der Waals surface area contributed by atoms with Crippen LogP contribution in [0.4, 0.5) is 0 Å². The molecule has 3 heteroatoms. The highest BCUT2D eigenvalue weighted by atomic mass is 16.1. The molecular weight excluding hydrogens is 236 g/mol. The van der Waals surface area contributed by atoms with Gasteiger partial charge in [0.05, 0.1) is 0 Å². The molecule has 1 amide bonds. The first-order valence-corrected chi connectivity index (χ1v) is 7.70. The van der Waals surface area contributed by atoms with E-state index in [0.717, 1.165) is 31.1 Å². The van der Waals surface area contributed by atoms with Crippen molar-refractivity contribution in [2.45, 2.75) is 78.8 Å². The molecule has 3 atom stereocenters. The van der Waals surface area contributed by atoms with Gasteiger partial charge in [0, 0.05) is 18.5 Å². The maximum Gasteiger partial charge on any atom is 0.221 e. The maximum absolute atomic E-state index is 12.0. The van der Waals surface area contributed by atoms with E-state index in [2.05, 4.69) is 39.9 Å². The fraction of sp³-hybridized carbons (Fsp3) is 0.938. The number of carbonyl (C=O) groups is 1. The molecule has 3 N–H and O–H groups in total. The lowest BCUT2D eigenvalue weighted by atomic mass is 9.80. The van der Waals surface area contributed by atoms with E-state index in [4.69, 9.17) is 5.73 Å². The Bertz CT molecular complexity index is 286. The van der Waals surface area contributed by atoms with Crippen LogP contribution in [0.5, 0.6) is 0 Å². The summed E-state index contributed by atoms with van der Waals surface area (Å²) in [6.45, 7) is 11.0. The monoisotopic (exact) mass is 268 g/mol. The molecule has 3 nitrogen and oxygen atoms in total. The van der Waals surface area contributed by atoms with Crippen LogP contribution in [0.15, 0.2) is 0 Å². The molecule has 3 unspecified atom stereocenters. The van der Waals surface area contributed by atoms with Crippen molar-refractivity contribution in [1.82, 2.24) is 5.32 Å². The summed E-state index contributed by atoms with van der Waals surface area (Å²) in [6, 6.07) is 0.325. The second-order valence-corrected chi connectivity index (χ2v) is 7.91. The van der Waals surface area contributed by atoms with Gasteiger partial charge >= 0.3 is 0 Å². The van der Waals surface area contributed by atoms with Gasteiger partial charge in [-0.25, -0.2) is 0 Å². The molecule has 1 rings (SSSR count). The van der Waals surface area contributed by atoms with E-state index in [0.29, 0.717) is 12.5 Å². The molecule has 19 heavy (non-hydrogen) atoms. The molecule has 1 saturated carbocycles. The van der Waals surface area contributed by atoms with E-state index in [-0.39, 0.29) is 17.4 Å². The maximum atomic E-state index is 12.0. The molecule has 0 spiro atoms. The molecule has 0 aromatic heterocycles. The SMILES string of the molecule is CC1CC(C)CC(NC(=O)CC(N)CC(C)(C)C)C1. The zero-order chi connectivity index (χ0) is 14.6. The molecule has 1 fully saturated rings. The quantitative estimate of drug-likeness (QED) is 0.823. The van der Waals surface area contributed by atoms with E-state index >= 15 is 0 Å². The van der Waals surface area contributed by atoms with E-state index in [1.165, 1.54) is 6.42 Å². The third kappa shape index (κ3) is 6.95. The molecule has 0 saturated heterocycles. The van der Waals surface area contributed by atoms with Gasteiger partial charge in [-0.15, -0.1) is 0 Å². The lowest BCUT2D eigenvalue weighted by Crippen LogP contribution is -2.42. The predicted molar refractivity (Wildman–Crippen MR) is 80.8 cm³/mol. The Morgan fingerprint density at radius 2 is 1.74 bits per heavy atom. The minimum Gasteiger partial charge on any atom is -0.353 e. The number of hydrogen-bond donors (Lipinski definition) is 2. The van der Waals surface area contributed by atoms with Gasteiger partial charge in [0.1, 0.15) is 0 Å². The zero-order valence-corrected chi connectivity index (χ0v) is 13.3. The third-order valence-electron chi connectivity index (χ3n) is 3.87. The van der Waals surface area contributed by atoms with Gasteiger partial charge in [-0.2, -0.15) is 0 Å². The Hall–Kier alpha value is -0.570. The van der Waals surface area contributed by atoms with Crippen LogP contribution < -0.4 is 11.1 Å². The molecule has 0 aromatic carbocycles. The second-order valence-electron chi connectivity index (χ2n) is 7.91. The first kappa shape index (κ1) is 16.5. The zero-order valence-electron chi connectivity index (χ0n) is 13.3. The number of hydrogen-bond acceptors (Lipinski definition) is 2. The highest BCUT2D eigenvalue weighted by Crippen LogP contribution is 2.28. The molecule has 0 radical (unpaired) electrons.